The van der Waals surface area contributed by atoms with Gasteiger partial charge < -0.3 is 0 Å². The summed E-state index contributed by atoms with van der Waals surface area (Å²) in [6.45, 7) is 4.29. The molecule has 2 heterocycles. The van der Waals surface area contributed by atoms with E-state index >= 15 is 0 Å². The second-order valence-corrected chi connectivity index (χ2v) is 8.54. The molecule has 0 unspecified atom stereocenters. The van der Waals surface area contributed by atoms with Crippen molar-refractivity contribution in [2.24, 2.45) is 5.10 Å². The van der Waals surface area contributed by atoms with Crippen molar-refractivity contribution in [2.75, 3.05) is 5.01 Å². The molecule has 0 bridgehead atoms. The lowest BCUT2D eigenvalue weighted by molar-refractivity contribution is 0.706. The van der Waals surface area contributed by atoms with E-state index in [9.17, 15) is 0 Å². The quantitative estimate of drug-likeness (QED) is 0.371. The minimum Gasteiger partial charge on any atom is -0.231 e. The molecule has 1 aliphatic heterocycles. The number of hydrazone groups is 1. The second kappa shape index (κ2) is 7.88. The maximum atomic E-state index is 5.02. The predicted molar refractivity (Wildman–Crippen MR) is 126 cm³/mol. The third kappa shape index (κ3) is 3.55. The van der Waals surface area contributed by atoms with Crippen LogP contribution >= 0.6 is 11.3 Å². The number of aryl methyl sites for hydroxylation is 2. The number of rotatable bonds is 4. The topological polar surface area (TPSA) is 28.5 Å². The summed E-state index contributed by atoms with van der Waals surface area (Å²) in [6.07, 6.45) is 0.868. The number of anilines is 1. The van der Waals surface area contributed by atoms with E-state index in [2.05, 4.69) is 97.0 Å². The van der Waals surface area contributed by atoms with Gasteiger partial charge in [-0.1, -0.05) is 72.8 Å². The predicted octanol–water partition coefficient (Wildman–Crippen LogP) is 6.78. The van der Waals surface area contributed by atoms with Crippen molar-refractivity contribution in [1.29, 1.82) is 0 Å². The summed E-state index contributed by atoms with van der Waals surface area (Å²) in [4.78, 5) is 4.97. The van der Waals surface area contributed by atoms with E-state index in [1.54, 1.807) is 11.3 Å². The Morgan fingerprint density at radius 2 is 1.57 bits per heavy atom. The summed E-state index contributed by atoms with van der Waals surface area (Å²) < 4.78 is 0. The highest BCUT2D eigenvalue weighted by molar-refractivity contribution is 7.14. The van der Waals surface area contributed by atoms with Gasteiger partial charge in [0.15, 0.2) is 0 Å². The fourth-order valence-electron chi connectivity index (χ4n) is 3.83. The first kappa shape index (κ1) is 18.8. The van der Waals surface area contributed by atoms with E-state index in [4.69, 9.17) is 10.1 Å². The van der Waals surface area contributed by atoms with Crippen LogP contribution in [0.25, 0.3) is 11.3 Å². The van der Waals surface area contributed by atoms with E-state index in [1.807, 2.05) is 6.07 Å². The fraction of sp³-hybridized carbons (Fsp3) is 0.154. The number of thiazole rings is 1. The van der Waals surface area contributed by atoms with Crippen molar-refractivity contribution in [2.45, 2.75) is 26.3 Å². The van der Waals surface area contributed by atoms with Crippen molar-refractivity contribution < 1.29 is 0 Å². The Hall–Kier alpha value is -3.24. The largest absolute Gasteiger partial charge is 0.231 e. The molecule has 1 aliphatic rings. The van der Waals surface area contributed by atoms with Crippen molar-refractivity contribution in [3.8, 4) is 11.3 Å². The number of benzene rings is 3. The number of nitrogens with zero attached hydrogens (tertiary/aromatic N) is 3. The molecule has 5 rings (SSSR count). The first-order valence-electron chi connectivity index (χ1n) is 10.2. The Morgan fingerprint density at radius 3 is 2.30 bits per heavy atom. The number of hydrogen-bond donors (Lipinski definition) is 0. The zero-order valence-corrected chi connectivity index (χ0v) is 17.9. The van der Waals surface area contributed by atoms with E-state index in [-0.39, 0.29) is 6.04 Å². The van der Waals surface area contributed by atoms with Crippen molar-refractivity contribution in [3.63, 3.8) is 0 Å². The minimum atomic E-state index is 0.153. The molecule has 0 spiro atoms. The van der Waals surface area contributed by atoms with Crippen molar-refractivity contribution in [3.05, 3.63) is 106 Å². The van der Waals surface area contributed by atoms with Gasteiger partial charge >= 0.3 is 0 Å². The number of aromatic nitrogens is 1. The second-order valence-electron chi connectivity index (χ2n) is 7.70. The summed E-state index contributed by atoms with van der Waals surface area (Å²) in [7, 11) is 0. The molecular formula is C26H23N3S. The van der Waals surface area contributed by atoms with Crippen LogP contribution < -0.4 is 5.01 Å². The molecule has 0 saturated carbocycles. The molecule has 0 saturated heterocycles. The summed E-state index contributed by atoms with van der Waals surface area (Å²) >= 11 is 1.66. The SMILES string of the molecule is Cc1ccc(-c2csc(N3N=C(c4ccccc4)C[C@H]3c3ccccc3)n2)cc1C. The maximum absolute atomic E-state index is 5.02. The van der Waals surface area contributed by atoms with E-state index in [0.717, 1.165) is 28.5 Å². The van der Waals surface area contributed by atoms with Gasteiger partial charge in [0.05, 0.1) is 17.4 Å². The lowest BCUT2D eigenvalue weighted by Gasteiger charge is -2.21. The van der Waals surface area contributed by atoms with Gasteiger partial charge in [-0.2, -0.15) is 5.10 Å². The van der Waals surface area contributed by atoms with Gasteiger partial charge in [-0.25, -0.2) is 9.99 Å². The van der Waals surface area contributed by atoms with Crippen LogP contribution in [0.2, 0.25) is 0 Å². The maximum Gasteiger partial charge on any atom is 0.207 e. The lowest BCUT2D eigenvalue weighted by atomic mass is 9.99. The molecular weight excluding hydrogens is 386 g/mol. The zero-order valence-electron chi connectivity index (χ0n) is 17.1. The molecule has 0 aliphatic carbocycles. The summed E-state index contributed by atoms with van der Waals surface area (Å²) in [5, 5.41) is 10.2. The Labute approximate surface area is 181 Å². The monoisotopic (exact) mass is 409 g/mol. The lowest BCUT2D eigenvalue weighted by Crippen LogP contribution is -2.18. The smallest absolute Gasteiger partial charge is 0.207 e. The standard InChI is InChI=1S/C26H23N3S/c1-18-13-14-22(15-19(18)2)24-17-30-26(27-24)29-25(21-11-7-4-8-12-21)16-23(28-29)20-9-5-3-6-10-20/h3-15,17,25H,16H2,1-2H3/t25-/m0/s1. The van der Waals surface area contributed by atoms with Crippen LogP contribution in [0, 0.1) is 13.8 Å². The molecule has 0 amide bonds. The normalized spacial score (nSPS) is 16.0. The van der Waals surface area contributed by atoms with Gasteiger partial charge in [0.2, 0.25) is 5.13 Å². The molecule has 148 valence electrons. The molecule has 0 radical (unpaired) electrons. The van der Waals surface area contributed by atoms with E-state index in [1.165, 1.54) is 22.3 Å². The Kier molecular flexibility index (Phi) is 4.93. The molecule has 3 nitrogen and oxygen atoms in total. The molecule has 30 heavy (non-hydrogen) atoms. The first-order chi connectivity index (χ1) is 14.7. The Balaban J connectivity index is 1.53. The van der Waals surface area contributed by atoms with Gasteiger partial charge in [0, 0.05) is 17.4 Å². The minimum absolute atomic E-state index is 0.153. The van der Waals surface area contributed by atoms with Crippen molar-refractivity contribution >= 4 is 22.2 Å². The van der Waals surface area contributed by atoms with Crippen LogP contribution in [0.4, 0.5) is 5.13 Å². The van der Waals surface area contributed by atoms with Gasteiger partial charge in [-0.3, -0.25) is 0 Å². The molecule has 0 fully saturated rings. The van der Waals surface area contributed by atoms with Crippen LogP contribution in [0.5, 0.6) is 0 Å². The Morgan fingerprint density at radius 1 is 0.833 bits per heavy atom. The van der Waals surface area contributed by atoms with Crippen LogP contribution in [0.15, 0.2) is 89.3 Å². The van der Waals surface area contributed by atoms with Crippen molar-refractivity contribution in [1.82, 2.24) is 4.98 Å². The third-order valence-electron chi connectivity index (χ3n) is 5.69. The average Bonchev–Trinajstić information content (AvgIpc) is 3.44. The molecule has 1 atom stereocenters. The van der Waals surface area contributed by atoms with Gasteiger partial charge in [0.25, 0.3) is 0 Å². The molecule has 4 heteroatoms. The van der Waals surface area contributed by atoms with Crippen LogP contribution in [-0.4, -0.2) is 10.7 Å². The van der Waals surface area contributed by atoms with E-state index < -0.39 is 0 Å². The molecule has 1 aromatic heterocycles. The summed E-state index contributed by atoms with van der Waals surface area (Å²) in [5.41, 5.74) is 8.29. The zero-order chi connectivity index (χ0) is 20.5. The summed E-state index contributed by atoms with van der Waals surface area (Å²) in [6, 6.07) is 27.7. The highest BCUT2D eigenvalue weighted by atomic mass is 32.1. The van der Waals surface area contributed by atoms with Crippen LogP contribution in [0.1, 0.15) is 34.7 Å². The van der Waals surface area contributed by atoms with Crippen LogP contribution in [-0.2, 0) is 0 Å². The van der Waals surface area contributed by atoms with Gasteiger partial charge in [-0.05, 0) is 42.2 Å². The first-order valence-corrected chi connectivity index (χ1v) is 11.1. The number of hydrogen-bond acceptors (Lipinski definition) is 4. The fourth-order valence-corrected chi connectivity index (χ4v) is 4.66. The average molecular weight is 410 g/mol. The molecule has 3 aromatic carbocycles. The van der Waals surface area contributed by atoms with E-state index in [0.29, 0.717) is 0 Å². The molecule has 0 N–H and O–H groups in total. The van der Waals surface area contributed by atoms with Gasteiger partial charge in [-0.15, -0.1) is 11.3 Å². The van der Waals surface area contributed by atoms with Gasteiger partial charge in [0.1, 0.15) is 0 Å². The van der Waals surface area contributed by atoms with Crippen LogP contribution in [0.3, 0.4) is 0 Å². The third-order valence-corrected chi connectivity index (χ3v) is 6.52. The highest BCUT2D eigenvalue weighted by Crippen LogP contribution is 2.39. The summed E-state index contributed by atoms with van der Waals surface area (Å²) in [5.74, 6) is 0. The Bertz CT molecular complexity index is 1200. The molecule has 4 aromatic rings. The highest BCUT2D eigenvalue weighted by Gasteiger charge is 2.31.